The second kappa shape index (κ2) is 9.93. The Hall–Kier alpha value is -2.91. The van der Waals surface area contributed by atoms with E-state index in [-0.39, 0.29) is 0 Å². The third-order valence-corrected chi connectivity index (χ3v) is 5.37. The van der Waals surface area contributed by atoms with E-state index in [1.807, 2.05) is 36.1 Å². The molecule has 8 nitrogen and oxygen atoms in total. The summed E-state index contributed by atoms with van der Waals surface area (Å²) in [6, 6.07) is 5.75. The Kier molecular flexibility index (Phi) is 6.83. The first kappa shape index (κ1) is 21.3. The fraction of sp³-hybridized carbons (Fsp3) is 0.381. The zero-order valence-corrected chi connectivity index (χ0v) is 18.0. The van der Waals surface area contributed by atoms with Gasteiger partial charge in [0.05, 0.1) is 42.1 Å². The van der Waals surface area contributed by atoms with E-state index in [9.17, 15) is 4.39 Å². The first-order valence-corrected chi connectivity index (χ1v) is 10.6. The Morgan fingerprint density at radius 3 is 3.00 bits per heavy atom. The van der Waals surface area contributed by atoms with Crippen molar-refractivity contribution in [3.05, 3.63) is 52.3 Å². The van der Waals surface area contributed by atoms with E-state index >= 15 is 0 Å². The van der Waals surface area contributed by atoms with Gasteiger partial charge in [0, 0.05) is 13.1 Å². The molecule has 0 bridgehead atoms. The summed E-state index contributed by atoms with van der Waals surface area (Å²) in [5, 5.41) is 11.2. The smallest absolute Gasteiger partial charge is 0.210 e. The maximum absolute atomic E-state index is 14.2. The van der Waals surface area contributed by atoms with Crippen LogP contribution in [0.5, 0.6) is 0 Å². The lowest BCUT2D eigenvalue weighted by molar-refractivity contribution is 0.0476. The molecule has 0 radical (unpaired) electrons. The highest BCUT2D eigenvalue weighted by Gasteiger charge is 2.23. The van der Waals surface area contributed by atoms with Crippen LogP contribution in [-0.2, 0) is 4.74 Å². The molecule has 0 aromatic heterocycles. The minimum absolute atomic E-state index is 0.392. The minimum atomic E-state index is -0.559. The van der Waals surface area contributed by atoms with Crippen LogP contribution < -0.4 is 16.1 Å². The Morgan fingerprint density at radius 1 is 1.35 bits per heavy atom. The fourth-order valence-electron chi connectivity index (χ4n) is 3.42. The van der Waals surface area contributed by atoms with Gasteiger partial charge in [-0.1, -0.05) is 23.7 Å². The first-order valence-electron chi connectivity index (χ1n) is 10.2. The largest absolute Gasteiger partial charge is 0.378 e. The SMILES string of the molecule is Cc1cccc(Cl)c1NC1=CCCC(/C=N\NC2N=CC(F)=C(N3CCOCC3)N2)=N1. The molecule has 3 heterocycles. The maximum atomic E-state index is 14.2. The molecule has 3 N–H and O–H groups in total. The van der Waals surface area contributed by atoms with Crippen LogP contribution in [0, 0.1) is 6.92 Å². The molecule has 0 saturated carbocycles. The summed E-state index contributed by atoms with van der Waals surface area (Å²) in [6.45, 7) is 4.40. The lowest BCUT2D eigenvalue weighted by atomic mass is 10.1. The zero-order valence-electron chi connectivity index (χ0n) is 17.2. The molecule has 1 fully saturated rings. The van der Waals surface area contributed by atoms with E-state index in [4.69, 9.17) is 16.3 Å². The van der Waals surface area contributed by atoms with Gasteiger partial charge in [-0.3, -0.25) is 5.43 Å². The predicted octanol–water partition coefficient (Wildman–Crippen LogP) is 3.14. The van der Waals surface area contributed by atoms with Gasteiger partial charge in [0.2, 0.25) is 6.29 Å². The molecule has 0 amide bonds. The van der Waals surface area contributed by atoms with Crippen molar-refractivity contribution >= 4 is 35.4 Å². The molecule has 4 rings (SSSR count). The third-order valence-electron chi connectivity index (χ3n) is 5.05. The third kappa shape index (κ3) is 5.42. The highest BCUT2D eigenvalue weighted by atomic mass is 35.5. The molecule has 31 heavy (non-hydrogen) atoms. The molecule has 164 valence electrons. The maximum Gasteiger partial charge on any atom is 0.210 e. The number of nitrogens with one attached hydrogen (secondary N) is 3. The lowest BCUT2D eigenvalue weighted by Crippen LogP contribution is -2.48. The number of para-hydroxylation sites is 1. The average Bonchev–Trinajstić information content (AvgIpc) is 2.78. The number of aliphatic imine (C=N–C) groups is 2. The van der Waals surface area contributed by atoms with Crippen LogP contribution in [0.4, 0.5) is 10.1 Å². The highest BCUT2D eigenvalue weighted by Crippen LogP contribution is 2.27. The van der Waals surface area contributed by atoms with Crippen molar-refractivity contribution in [1.29, 1.82) is 0 Å². The van der Waals surface area contributed by atoms with Crippen LogP contribution in [-0.4, -0.2) is 55.6 Å². The molecule has 10 heteroatoms. The second-order valence-corrected chi connectivity index (χ2v) is 7.70. The van der Waals surface area contributed by atoms with Gasteiger partial charge >= 0.3 is 0 Å². The summed E-state index contributed by atoms with van der Waals surface area (Å²) < 4.78 is 19.5. The average molecular weight is 446 g/mol. The summed E-state index contributed by atoms with van der Waals surface area (Å²) in [5.74, 6) is 0.749. The van der Waals surface area contributed by atoms with Gasteiger partial charge in [-0.05, 0) is 37.5 Å². The predicted molar refractivity (Wildman–Crippen MR) is 122 cm³/mol. The number of hydrogen-bond acceptors (Lipinski definition) is 8. The summed E-state index contributed by atoms with van der Waals surface area (Å²) in [5.41, 5.74) is 5.61. The molecule has 0 spiro atoms. The quantitative estimate of drug-likeness (QED) is 0.462. The molecule has 1 aromatic carbocycles. The van der Waals surface area contributed by atoms with Gasteiger partial charge in [-0.2, -0.15) is 5.10 Å². The number of halogens is 2. The number of allylic oxidation sites excluding steroid dienone is 2. The number of hydrazone groups is 1. The summed E-state index contributed by atoms with van der Waals surface area (Å²) in [6.07, 6.45) is 5.95. The lowest BCUT2D eigenvalue weighted by Gasteiger charge is -2.34. The monoisotopic (exact) mass is 445 g/mol. The number of anilines is 1. The Bertz CT molecular complexity index is 946. The molecule has 1 unspecified atom stereocenters. The van der Waals surface area contributed by atoms with Gasteiger partial charge in [0.15, 0.2) is 5.83 Å². The number of nitrogens with zero attached hydrogens (tertiary/aromatic N) is 4. The molecule has 3 aliphatic rings. The number of ether oxygens (including phenoxy) is 1. The summed E-state index contributed by atoms with van der Waals surface area (Å²) >= 11 is 6.30. The second-order valence-electron chi connectivity index (χ2n) is 7.30. The normalized spacial score (nSPS) is 21.6. The summed E-state index contributed by atoms with van der Waals surface area (Å²) in [7, 11) is 0. The van der Waals surface area contributed by atoms with E-state index in [1.54, 1.807) is 6.21 Å². The van der Waals surface area contributed by atoms with E-state index in [0.717, 1.165) is 35.6 Å². The van der Waals surface area contributed by atoms with E-state index in [1.165, 1.54) is 6.21 Å². The topological polar surface area (TPSA) is 85.6 Å². The molecule has 0 aliphatic carbocycles. The van der Waals surface area contributed by atoms with Crippen molar-refractivity contribution in [3.8, 4) is 0 Å². The van der Waals surface area contributed by atoms with Crippen LogP contribution in [0.2, 0.25) is 5.02 Å². The van der Waals surface area contributed by atoms with Gasteiger partial charge < -0.3 is 20.3 Å². The van der Waals surface area contributed by atoms with Crippen molar-refractivity contribution in [1.82, 2.24) is 15.6 Å². The fourth-order valence-corrected chi connectivity index (χ4v) is 3.69. The Balaban J connectivity index is 1.34. The molecule has 1 aromatic rings. The van der Waals surface area contributed by atoms with Gasteiger partial charge in [-0.15, -0.1) is 0 Å². The van der Waals surface area contributed by atoms with Gasteiger partial charge in [0.1, 0.15) is 11.6 Å². The van der Waals surface area contributed by atoms with Crippen molar-refractivity contribution in [2.75, 3.05) is 31.6 Å². The van der Waals surface area contributed by atoms with E-state index in [2.05, 4.69) is 31.1 Å². The van der Waals surface area contributed by atoms with Crippen molar-refractivity contribution in [2.45, 2.75) is 26.1 Å². The molecule has 1 atom stereocenters. The number of morpholine rings is 1. The van der Waals surface area contributed by atoms with Crippen LogP contribution in [0.25, 0.3) is 0 Å². The molecule has 1 saturated heterocycles. The van der Waals surface area contributed by atoms with E-state index < -0.39 is 12.1 Å². The first-order chi connectivity index (χ1) is 15.1. The summed E-state index contributed by atoms with van der Waals surface area (Å²) in [4.78, 5) is 10.6. The highest BCUT2D eigenvalue weighted by molar-refractivity contribution is 6.33. The van der Waals surface area contributed by atoms with Crippen LogP contribution in [0.3, 0.4) is 0 Å². The van der Waals surface area contributed by atoms with Crippen LogP contribution >= 0.6 is 11.6 Å². The van der Waals surface area contributed by atoms with E-state index in [0.29, 0.717) is 37.1 Å². The van der Waals surface area contributed by atoms with Crippen LogP contribution in [0.15, 0.2) is 56.8 Å². The van der Waals surface area contributed by atoms with Crippen molar-refractivity contribution in [2.24, 2.45) is 15.1 Å². The number of rotatable bonds is 6. The Labute approximate surface area is 185 Å². The standard InChI is InChI=1S/C21H25ClFN7O/c1-14-4-2-6-16(22)19(14)27-18-7-3-5-15(26-18)12-25-29-21-24-13-17(23)20(28-21)30-8-10-31-11-9-30/h2,4,6-7,12-13,21,27-29H,3,5,8-11H2,1H3/b25-12-. The number of hydrogen-bond donors (Lipinski definition) is 3. The molecule has 3 aliphatic heterocycles. The van der Waals surface area contributed by atoms with Gasteiger partial charge in [0.25, 0.3) is 0 Å². The minimum Gasteiger partial charge on any atom is -0.378 e. The number of aryl methyl sites for hydroxylation is 1. The van der Waals surface area contributed by atoms with Crippen LogP contribution in [0.1, 0.15) is 18.4 Å². The zero-order chi connectivity index (χ0) is 21.6. The molecular weight excluding hydrogens is 421 g/mol. The number of benzene rings is 1. The Morgan fingerprint density at radius 2 is 2.19 bits per heavy atom. The van der Waals surface area contributed by atoms with Crippen molar-refractivity contribution in [3.63, 3.8) is 0 Å². The van der Waals surface area contributed by atoms with Crippen molar-refractivity contribution < 1.29 is 9.13 Å². The van der Waals surface area contributed by atoms with Gasteiger partial charge in [-0.25, -0.2) is 14.4 Å². The molecular formula is C21H25ClFN7O.